The van der Waals surface area contributed by atoms with Crippen molar-refractivity contribution >= 4 is 11.2 Å². The van der Waals surface area contributed by atoms with Gasteiger partial charge in [-0.05, 0) is 5.69 Å². The first kappa shape index (κ1) is 13.6. The zero-order valence-corrected chi connectivity index (χ0v) is 11.8. The molecule has 0 aliphatic rings. The van der Waals surface area contributed by atoms with Gasteiger partial charge in [-0.25, -0.2) is 0 Å². The molecule has 0 fully saturated rings. The normalized spacial score (nSPS) is 10.4. The molecule has 2 aromatic heterocycles. The van der Waals surface area contributed by atoms with E-state index in [1.165, 1.54) is 0 Å². The van der Waals surface area contributed by atoms with Crippen LogP contribution in [0.5, 0.6) is 0 Å². The minimum atomic E-state index is 0. The molecule has 1 radical (unpaired) electrons. The molecule has 2 aromatic rings. The summed E-state index contributed by atoms with van der Waals surface area (Å²) in [6, 6.07) is 0. The molecule has 0 amide bonds. The number of nitrogens with zero attached hydrogens (tertiary/aromatic N) is 4. The maximum Gasteiger partial charge on any atom is 0.114 e. The van der Waals surface area contributed by atoms with Gasteiger partial charge in [0.2, 0.25) is 0 Å². The van der Waals surface area contributed by atoms with Crippen LogP contribution in [-0.4, -0.2) is 37.8 Å². The number of hydrogen-bond acceptors (Lipinski definition) is 5. The molecule has 0 atom stereocenters. The van der Waals surface area contributed by atoms with Crippen molar-refractivity contribution in [2.24, 2.45) is 0 Å². The van der Waals surface area contributed by atoms with E-state index in [0.717, 1.165) is 11.2 Å². The Morgan fingerprint density at radius 1 is 1.50 bits per heavy atom. The van der Waals surface area contributed by atoms with Crippen molar-refractivity contribution < 1.29 is 42.6 Å². The van der Waals surface area contributed by atoms with Gasteiger partial charge in [0.05, 0.1) is 25.2 Å². The average Bonchev–Trinajstić information content (AvgIpc) is 2.64. The van der Waals surface area contributed by atoms with Gasteiger partial charge in [-0.1, -0.05) is 6.92 Å². The summed E-state index contributed by atoms with van der Waals surface area (Å²) in [5.41, 5.74) is 2.24. The van der Waals surface area contributed by atoms with E-state index in [2.05, 4.69) is 21.3 Å². The average molecular weight is 296 g/mol. The number of aromatic nitrogens is 4. The number of fused-ring (bicyclic) bond motifs is 1. The molecule has 6 nitrogen and oxygen atoms in total. The maximum atomic E-state index is 8.57. The fourth-order valence-electron chi connectivity index (χ4n) is 1.27. The molecule has 0 saturated heterocycles. The van der Waals surface area contributed by atoms with Gasteiger partial charge >= 0.3 is 0 Å². The van der Waals surface area contributed by atoms with Gasteiger partial charge in [0.1, 0.15) is 6.73 Å². The van der Waals surface area contributed by atoms with Crippen LogP contribution in [0.4, 0.5) is 0 Å². The summed E-state index contributed by atoms with van der Waals surface area (Å²) in [6.45, 7) is 2.48. The number of hydrogen-bond donors (Lipinski definition) is 1. The van der Waals surface area contributed by atoms with Crippen molar-refractivity contribution in [2.45, 2.75) is 13.7 Å². The second-order valence-corrected chi connectivity index (χ2v) is 3.06. The molecular formula is C9H11N4O2Y-. The Balaban J connectivity index is 0.00000128. The maximum absolute atomic E-state index is 8.57. The van der Waals surface area contributed by atoms with E-state index in [1.807, 2.05) is 6.92 Å². The third-order valence-electron chi connectivity index (χ3n) is 1.99. The smallest absolute Gasteiger partial charge is 0.114 e. The number of aliphatic hydroxyl groups is 1. The van der Waals surface area contributed by atoms with Crippen LogP contribution >= 0.6 is 0 Å². The molecule has 0 aliphatic carbocycles. The topological polar surface area (TPSA) is 73.1 Å². The van der Waals surface area contributed by atoms with Crippen LogP contribution in [0, 0.1) is 13.3 Å². The first-order chi connectivity index (χ1) is 7.33. The Kier molecular flexibility index (Phi) is 5.41. The van der Waals surface area contributed by atoms with Crippen LogP contribution in [0.1, 0.15) is 5.69 Å². The Hall–Kier alpha value is -0.426. The van der Waals surface area contributed by atoms with Crippen molar-refractivity contribution in [3.05, 3.63) is 18.3 Å². The first-order valence-electron chi connectivity index (χ1n) is 4.57. The van der Waals surface area contributed by atoms with Gasteiger partial charge < -0.3 is 24.4 Å². The first-order valence-corrected chi connectivity index (χ1v) is 4.57. The van der Waals surface area contributed by atoms with Gasteiger partial charge in [-0.2, -0.15) is 0 Å². The van der Waals surface area contributed by atoms with Gasteiger partial charge in [0.15, 0.2) is 0 Å². The van der Waals surface area contributed by atoms with Crippen molar-refractivity contribution in [3.8, 4) is 0 Å². The van der Waals surface area contributed by atoms with Crippen molar-refractivity contribution in [1.82, 2.24) is 19.5 Å². The zero-order valence-electron chi connectivity index (χ0n) is 8.92. The molecule has 0 spiro atoms. The van der Waals surface area contributed by atoms with Gasteiger partial charge in [-0.3, -0.25) is 4.98 Å². The standard InChI is InChI=1S/C9H11N4O2.Y/c1-7-8-9(11-4-10-7)13(5-12-8)6-15-3-2-14;/h5,14H,2-3,6H2,1H3;/q-1;. The fourth-order valence-corrected chi connectivity index (χ4v) is 1.27. The third kappa shape index (κ3) is 2.82. The number of rotatable bonds is 4. The summed E-state index contributed by atoms with van der Waals surface area (Å²) in [6.07, 6.45) is 4.19. The molecule has 2 heterocycles. The summed E-state index contributed by atoms with van der Waals surface area (Å²) < 4.78 is 6.92. The van der Waals surface area contributed by atoms with E-state index in [4.69, 9.17) is 9.84 Å². The second kappa shape index (κ2) is 6.34. The number of aryl methyl sites for hydroxylation is 1. The van der Waals surface area contributed by atoms with E-state index < -0.39 is 0 Å². The molecule has 16 heavy (non-hydrogen) atoms. The van der Waals surface area contributed by atoms with Crippen LogP contribution in [0.3, 0.4) is 0 Å². The van der Waals surface area contributed by atoms with Gasteiger partial charge in [0.25, 0.3) is 0 Å². The molecule has 7 heteroatoms. The second-order valence-electron chi connectivity index (χ2n) is 3.06. The van der Waals surface area contributed by atoms with E-state index in [9.17, 15) is 0 Å². The molecule has 1 N–H and O–H groups in total. The van der Waals surface area contributed by atoms with Crippen molar-refractivity contribution in [3.63, 3.8) is 0 Å². The molecule has 2 rings (SSSR count). The Labute approximate surface area is 118 Å². The summed E-state index contributed by atoms with van der Waals surface area (Å²) in [4.78, 5) is 12.1. The monoisotopic (exact) mass is 296 g/mol. The minimum Gasteiger partial charge on any atom is -0.394 e. The predicted octanol–water partition coefficient (Wildman–Crippen LogP) is -0.101. The predicted molar refractivity (Wildman–Crippen MR) is 51.9 cm³/mol. The van der Waals surface area contributed by atoms with Crippen LogP contribution in [0.2, 0.25) is 0 Å². The minimum absolute atomic E-state index is 0. The third-order valence-corrected chi connectivity index (χ3v) is 1.99. The van der Waals surface area contributed by atoms with E-state index in [0.29, 0.717) is 19.0 Å². The quantitative estimate of drug-likeness (QED) is 0.630. The van der Waals surface area contributed by atoms with Crippen LogP contribution in [-0.2, 0) is 44.2 Å². The molecule has 0 saturated carbocycles. The SMILES string of the molecule is Cc1n[c-]nc2c1ncn2COCCO.[Y]. The zero-order chi connectivity index (χ0) is 10.7. The Morgan fingerprint density at radius 3 is 3.06 bits per heavy atom. The molecule has 0 aliphatic heterocycles. The Morgan fingerprint density at radius 2 is 2.31 bits per heavy atom. The van der Waals surface area contributed by atoms with E-state index in [1.54, 1.807) is 10.9 Å². The number of aliphatic hydroxyl groups excluding tert-OH is 1. The molecular weight excluding hydrogens is 285 g/mol. The van der Waals surface area contributed by atoms with Gasteiger partial charge in [-0.15, -0.1) is 0 Å². The van der Waals surface area contributed by atoms with Crippen LogP contribution < -0.4 is 0 Å². The van der Waals surface area contributed by atoms with E-state index in [-0.39, 0.29) is 39.3 Å². The number of imidazole rings is 1. The van der Waals surface area contributed by atoms with Crippen molar-refractivity contribution in [1.29, 1.82) is 0 Å². The summed E-state index contributed by atoms with van der Waals surface area (Å²) in [5, 5.41) is 8.57. The number of ether oxygens (including phenoxy) is 1. The summed E-state index contributed by atoms with van der Waals surface area (Å²) in [7, 11) is 0. The van der Waals surface area contributed by atoms with Crippen LogP contribution in [0.25, 0.3) is 11.2 Å². The van der Waals surface area contributed by atoms with Gasteiger partial charge in [0, 0.05) is 44.6 Å². The molecule has 0 bridgehead atoms. The largest absolute Gasteiger partial charge is 0.394 e. The fraction of sp³-hybridized carbons (Fsp3) is 0.444. The molecule has 0 unspecified atom stereocenters. The van der Waals surface area contributed by atoms with Crippen molar-refractivity contribution in [2.75, 3.05) is 13.2 Å². The summed E-state index contributed by atoms with van der Waals surface area (Å²) >= 11 is 0. The van der Waals surface area contributed by atoms with Crippen LogP contribution in [0.15, 0.2) is 6.33 Å². The Bertz CT molecular complexity index is 460. The van der Waals surface area contributed by atoms with E-state index >= 15 is 0 Å². The molecule has 83 valence electrons. The molecule has 0 aromatic carbocycles. The summed E-state index contributed by atoms with van der Waals surface area (Å²) in [5.74, 6) is 0.